The summed E-state index contributed by atoms with van der Waals surface area (Å²) in [6, 6.07) is 10.9. The van der Waals surface area contributed by atoms with E-state index in [0.29, 0.717) is 0 Å². The van der Waals surface area contributed by atoms with Crippen molar-refractivity contribution in [3.63, 3.8) is 0 Å². The van der Waals surface area contributed by atoms with Crippen LogP contribution in [0.15, 0.2) is 51.9 Å². The number of allylic oxidation sites excluding steroid dienone is 2. The van der Waals surface area contributed by atoms with Crippen molar-refractivity contribution >= 4 is 37.2 Å². The molecule has 0 saturated heterocycles. The van der Waals surface area contributed by atoms with Crippen molar-refractivity contribution < 1.29 is 20.4 Å². The summed E-state index contributed by atoms with van der Waals surface area (Å²) in [6.07, 6.45) is 5.70. The Hall–Kier alpha value is 0.244. The molecule has 1 atom stereocenters. The molecule has 0 saturated carbocycles. The molecule has 1 unspecified atom stereocenters. The first-order valence-corrected chi connectivity index (χ1v) is 7.85. The van der Waals surface area contributed by atoms with E-state index in [4.69, 9.17) is 0 Å². The predicted octanol–water partition coefficient (Wildman–Crippen LogP) is 5.27. The Labute approximate surface area is 165 Å². The van der Waals surface area contributed by atoms with E-state index in [1.807, 2.05) is 0 Å². The van der Waals surface area contributed by atoms with Crippen LogP contribution in [-0.2, 0) is 26.0 Å². The second-order valence-corrected chi connectivity index (χ2v) is 6.05. The molecule has 1 aliphatic carbocycles. The zero-order chi connectivity index (χ0) is 13.9. The number of rotatable bonds is 5. The maximum absolute atomic E-state index is 2.55. The van der Waals surface area contributed by atoms with Gasteiger partial charge < -0.3 is 0 Å². The van der Waals surface area contributed by atoms with E-state index in [1.165, 1.54) is 15.0 Å². The van der Waals surface area contributed by atoms with Crippen molar-refractivity contribution in [3.05, 3.63) is 57.5 Å². The molecule has 0 spiro atoms. The summed E-state index contributed by atoms with van der Waals surface area (Å²) >= 11 is 2.26. The van der Waals surface area contributed by atoms with Gasteiger partial charge in [0.25, 0.3) is 0 Å². The Kier molecular flexibility index (Phi) is 12.2. The fraction of sp³-hybridized carbons (Fsp3) is 0.412. The van der Waals surface area contributed by atoms with Crippen LogP contribution in [0.5, 0.6) is 0 Å². The molecule has 0 fully saturated rings. The molecule has 0 heterocycles. The molecule has 1 nitrogen and oxygen atoms in total. The molecule has 1 aromatic carbocycles. The van der Waals surface area contributed by atoms with Gasteiger partial charge in [-0.15, -0.1) is 37.2 Å². The summed E-state index contributed by atoms with van der Waals surface area (Å²) in [5, 5.41) is 0. The van der Waals surface area contributed by atoms with Gasteiger partial charge in [0.15, 0.2) is 0 Å². The maximum atomic E-state index is 2.55. The summed E-state index contributed by atoms with van der Waals surface area (Å²) in [5.41, 5.74) is 2.85. The summed E-state index contributed by atoms with van der Waals surface area (Å²) < 4.78 is 1.50. The van der Waals surface area contributed by atoms with Crippen LogP contribution in [0.25, 0.3) is 0 Å². The van der Waals surface area contributed by atoms with Gasteiger partial charge in [0.1, 0.15) is 0 Å². The van der Waals surface area contributed by atoms with E-state index >= 15 is 0 Å². The van der Waals surface area contributed by atoms with Crippen molar-refractivity contribution in [2.24, 2.45) is 0 Å². The summed E-state index contributed by atoms with van der Waals surface area (Å²) in [6.45, 7) is 8.99. The number of nitrogens with zero attached hydrogens (tertiary/aromatic N) is 1. The number of likely N-dealkylation sites (N-methyl/N-ethyl adjacent to an activating group) is 1. The van der Waals surface area contributed by atoms with Crippen LogP contribution < -0.4 is 0 Å². The molecule has 123 valence electrons. The molecule has 0 amide bonds. The molecule has 1 aromatic rings. The maximum Gasteiger partial charge on any atom is -0.147 e. The van der Waals surface area contributed by atoms with E-state index in [-0.39, 0.29) is 42.8 Å². The van der Waals surface area contributed by atoms with Crippen LogP contribution in [0.1, 0.15) is 32.8 Å². The molecular formula is C17H25Cl3NTi. The third-order valence-corrected chi connectivity index (χ3v) is 4.93. The minimum absolute atomic E-state index is 0. The van der Waals surface area contributed by atoms with Gasteiger partial charge in [0, 0.05) is 0 Å². The first kappa shape index (κ1) is 24.5. The van der Waals surface area contributed by atoms with Gasteiger partial charge in [0.05, 0.1) is 0 Å². The minimum atomic E-state index is -0.0121. The Balaban J connectivity index is 0. The van der Waals surface area contributed by atoms with Gasteiger partial charge in [-0.3, -0.25) is 0 Å². The molecule has 1 aliphatic rings. The van der Waals surface area contributed by atoms with E-state index in [0.717, 1.165) is 19.5 Å². The van der Waals surface area contributed by atoms with E-state index in [1.54, 1.807) is 0 Å². The van der Waals surface area contributed by atoms with Crippen LogP contribution >= 0.6 is 37.2 Å². The summed E-state index contributed by atoms with van der Waals surface area (Å²) in [4.78, 5) is 2.55. The average Bonchev–Trinajstić information content (AvgIpc) is 2.87. The van der Waals surface area contributed by atoms with Gasteiger partial charge in [-0.05, 0) is 0 Å². The molecule has 0 bridgehead atoms. The van der Waals surface area contributed by atoms with Crippen LogP contribution in [-0.4, -0.2) is 18.0 Å². The van der Waals surface area contributed by atoms with E-state index in [2.05, 4.69) is 88.6 Å². The third-order valence-electron chi connectivity index (χ3n) is 4.19. The number of hydrogen-bond donors (Lipinski definition) is 0. The zero-order valence-electron chi connectivity index (χ0n) is 13.3. The van der Waals surface area contributed by atoms with Crippen molar-refractivity contribution in [1.82, 2.24) is 4.90 Å². The number of hydrogen-bond acceptors (Lipinski definition) is 1. The minimum Gasteiger partial charge on any atom is -0.147 e. The standard InChI is InChI=1S/C17H22N.3ClH.Ti/c1-4-18(5-2)17(3,16-13-9-10-14-16)15-11-7-6-8-12-15;;;;/h6-9,11-13H,4-5,10H2,1-3H3;3*1H;. The molecular weight excluding hydrogens is 372 g/mol. The first-order valence-electron chi connectivity index (χ1n) is 7.06. The molecule has 22 heavy (non-hydrogen) atoms. The smallest absolute Gasteiger partial charge is 0.147 e. The quantitative estimate of drug-likeness (QED) is 0.612. The van der Waals surface area contributed by atoms with Gasteiger partial charge in [-0.2, -0.15) is 0 Å². The molecule has 5 heteroatoms. The van der Waals surface area contributed by atoms with Crippen molar-refractivity contribution in [2.75, 3.05) is 13.1 Å². The molecule has 0 aromatic heterocycles. The normalized spacial score (nSPS) is 15.6. The summed E-state index contributed by atoms with van der Waals surface area (Å²) in [7, 11) is 0. The van der Waals surface area contributed by atoms with Crippen LogP contribution in [0.4, 0.5) is 0 Å². The third kappa shape index (κ3) is 4.63. The molecule has 0 aliphatic heterocycles. The van der Waals surface area contributed by atoms with E-state index < -0.39 is 0 Å². The molecule has 0 radical (unpaired) electrons. The number of halogens is 3. The summed E-state index contributed by atoms with van der Waals surface area (Å²) in [5.74, 6) is 0. The van der Waals surface area contributed by atoms with E-state index in [9.17, 15) is 0 Å². The Morgan fingerprint density at radius 3 is 2.00 bits per heavy atom. The second-order valence-electron chi connectivity index (χ2n) is 5.11. The molecule has 0 N–H and O–H groups in total. The van der Waals surface area contributed by atoms with Crippen LogP contribution in [0, 0.1) is 0 Å². The Bertz CT molecular complexity index is 498. The zero-order valence-corrected chi connectivity index (χ0v) is 17.3. The van der Waals surface area contributed by atoms with Crippen LogP contribution in [0.2, 0.25) is 0 Å². The van der Waals surface area contributed by atoms with Gasteiger partial charge >= 0.3 is 129 Å². The van der Waals surface area contributed by atoms with Crippen LogP contribution in [0.3, 0.4) is 0 Å². The van der Waals surface area contributed by atoms with Gasteiger partial charge in [0.2, 0.25) is 0 Å². The Morgan fingerprint density at radius 2 is 1.59 bits per heavy atom. The first-order chi connectivity index (χ1) is 9.14. The largest absolute Gasteiger partial charge is 0.147 e. The average molecular weight is 398 g/mol. The SMILES string of the molecule is CCN(CC)C(C)(C1=[C]([Ti])CC=C1)c1ccccc1.Cl.Cl.Cl. The van der Waals surface area contributed by atoms with Crippen molar-refractivity contribution in [3.8, 4) is 0 Å². The topological polar surface area (TPSA) is 3.24 Å². The van der Waals surface area contributed by atoms with Gasteiger partial charge in [-0.25, -0.2) is 0 Å². The monoisotopic (exact) mass is 396 g/mol. The second kappa shape index (κ2) is 10.9. The molecule has 2 rings (SSSR count). The predicted molar refractivity (Wildman–Crippen MR) is 99.2 cm³/mol. The van der Waals surface area contributed by atoms with Crippen molar-refractivity contribution in [2.45, 2.75) is 32.7 Å². The Morgan fingerprint density at radius 1 is 1.05 bits per heavy atom. The number of benzene rings is 1. The fourth-order valence-electron chi connectivity index (χ4n) is 3.09. The van der Waals surface area contributed by atoms with Crippen molar-refractivity contribution in [1.29, 1.82) is 0 Å². The fourth-order valence-corrected chi connectivity index (χ4v) is 3.78. The van der Waals surface area contributed by atoms with Gasteiger partial charge in [-0.1, -0.05) is 0 Å².